The van der Waals surface area contributed by atoms with Crippen LogP contribution in [0.3, 0.4) is 0 Å². The number of pyridine rings is 1. The molecule has 2 aromatic rings. The molecule has 7 heteroatoms. The van der Waals surface area contributed by atoms with Gasteiger partial charge in [0, 0.05) is 6.20 Å². The highest BCUT2D eigenvalue weighted by Crippen LogP contribution is 2.05. The van der Waals surface area contributed by atoms with E-state index in [1.807, 2.05) is 0 Å². The first-order valence-corrected chi connectivity index (χ1v) is 4.83. The zero-order chi connectivity index (χ0) is 12.3. The van der Waals surface area contributed by atoms with Gasteiger partial charge in [0.25, 0.3) is 0 Å². The first kappa shape index (κ1) is 11.1. The van der Waals surface area contributed by atoms with Crippen molar-refractivity contribution in [3.8, 4) is 0 Å². The fraction of sp³-hybridized carbons (Fsp3) is 0.100. The number of amides is 1. The van der Waals surface area contributed by atoms with Crippen LogP contribution in [0.4, 0.5) is 15.8 Å². The van der Waals surface area contributed by atoms with Gasteiger partial charge in [-0.3, -0.25) is 9.48 Å². The Morgan fingerprint density at radius 3 is 2.88 bits per heavy atom. The molecule has 0 saturated heterocycles. The Morgan fingerprint density at radius 1 is 1.47 bits per heavy atom. The summed E-state index contributed by atoms with van der Waals surface area (Å²) in [6.07, 6.45) is 4.24. The van der Waals surface area contributed by atoms with Crippen LogP contribution in [0.2, 0.25) is 0 Å². The van der Waals surface area contributed by atoms with Gasteiger partial charge < -0.3 is 11.1 Å². The molecule has 0 radical (unpaired) electrons. The van der Waals surface area contributed by atoms with E-state index in [1.165, 1.54) is 29.2 Å². The maximum Gasteiger partial charge on any atom is 0.246 e. The third-order valence-corrected chi connectivity index (χ3v) is 1.97. The fourth-order valence-corrected chi connectivity index (χ4v) is 1.26. The van der Waals surface area contributed by atoms with Gasteiger partial charge in [-0.05, 0) is 12.1 Å². The molecule has 88 valence electrons. The molecule has 2 aromatic heterocycles. The molecule has 0 spiro atoms. The van der Waals surface area contributed by atoms with Crippen LogP contribution in [-0.2, 0) is 11.3 Å². The lowest BCUT2D eigenvalue weighted by Crippen LogP contribution is -2.19. The predicted octanol–water partition coefficient (Wildman–Crippen LogP) is 0.638. The Hall–Kier alpha value is -2.44. The first-order valence-electron chi connectivity index (χ1n) is 4.83. The number of anilines is 2. The van der Waals surface area contributed by atoms with Crippen LogP contribution in [0.5, 0.6) is 0 Å². The van der Waals surface area contributed by atoms with E-state index in [1.54, 1.807) is 6.20 Å². The molecule has 1 amide bonds. The summed E-state index contributed by atoms with van der Waals surface area (Å²) < 4.78 is 13.9. The van der Waals surface area contributed by atoms with Gasteiger partial charge in [0.15, 0.2) is 0 Å². The molecular weight excluding hydrogens is 225 g/mol. The van der Waals surface area contributed by atoms with E-state index in [0.29, 0.717) is 11.4 Å². The van der Waals surface area contributed by atoms with Gasteiger partial charge in [0.1, 0.15) is 6.54 Å². The number of rotatable bonds is 3. The normalized spacial score (nSPS) is 10.2. The Morgan fingerprint density at radius 2 is 2.29 bits per heavy atom. The molecule has 0 aliphatic heterocycles. The van der Waals surface area contributed by atoms with E-state index in [-0.39, 0.29) is 12.5 Å². The maximum atomic E-state index is 12.5. The molecule has 17 heavy (non-hydrogen) atoms. The van der Waals surface area contributed by atoms with Crippen LogP contribution in [-0.4, -0.2) is 20.7 Å². The zero-order valence-corrected chi connectivity index (χ0v) is 8.80. The molecule has 0 aliphatic carbocycles. The van der Waals surface area contributed by atoms with Crippen LogP contribution in [0, 0.1) is 5.95 Å². The molecule has 0 aromatic carbocycles. The number of hydrogen-bond donors (Lipinski definition) is 2. The molecule has 2 rings (SSSR count). The number of carbonyl (C=O) groups excluding carboxylic acids is 1. The van der Waals surface area contributed by atoms with E-state index in [2.05, 4.69) is 15.4 Å². The Balaban J connectivity index is 1.95. The minimum Gasteiger partial charge on any atom is -0.396 e. The number of carbonyl (C=O) groups is 1. The average molecular weight is 235 g/mol. The third kappa shape index (κ3) is 3.00. The Bertz CT molecular complexity index is 522. The molecule has 0 bridgehead atoms. The average Bonchev–Trinajstić information content (AvgIpc) is 2.67. The van der Waals surface area contributed by atoms with Crippen LogP contribution in [0.15, 0.2) is 30.7 Å². The molecule has 0 atom stereocenters. The number of nitrogens with zero attached hydrogens (tertiary/aromatic N) is 3. The number of nitrogens with one attached hydrogen (secondary N) is 1. The summed E-state index contributed by atoms with van der Waals surface area (Å²) in [6, 6.07) is 2.60. The number of halogens is 1. The van der Waals surface area contributed by atoms with Gasteiger partial charge in [-0.25, -0.2) is 4.98 Å². The minimum absolute atomic E-state index is 0.0363. The number of aromatic nitrogens is 3. The highest BCUT2D eigenvalue weighted by atomic mass is 19.1. The largest absolute Gasteiger partial charge is 0.396 e. The van der Waals surface area contributed by atoms with Crippen molar-refractivity contribution in [1.29, 1.82) is 0 Å². The van der Waals surface area contributed by atoms with Gasteiger partial charge >= 0.3 is 0 Å². The van der Waals surface area contributed by atoms with Gasteiger partial charge in [-0.15, -0.1) is 0 Å². The van der Waals surface area contributed by atoms with Gasteiger partial charge in [0.05, 0.1) is 23.8 Å². The van der Waals surface area contributed by atoms with Gasteiger partial charge in [-0.1, -0.05) is 0 Å². The molecule has 0 fully saturated rings. The summed E-state index contributed by atoms with van der Waals surface area (Å²) in [6.45, 7) is 0.0363. The molecule has 6 nitrogen and oxygen atoms in total. The van der Waals surface area contributed by atoms with E-state index in [4.69, 9.17) is 5.73 Å². The van der Waals surface area contributed by atoms with Gasteiger partial charge in [-0.2, -0.15) is 9.49 Å². The monoisotopic (exact) mass is 235 g/mol. The molecule has 0 unspecified atom stereocenters. The lowest BCUT2D eigenvalue weighted by molar-refractivity contribution is -0.116. The van der Waals surface area contributed by atoms with Crippen molar-refractivity contribution in [2.75, 3.05) is 11.1 Å². The summed E-state index contributed by atoms with van der Waals surface area (Å²) in [5, 5.41) is 6.42. The second kappa shape index (κ2) is 4.60. The van der Waals surface area contributed by atoms with Crippen LogP contribution in [0.25, 0.3) is 0 Å². The molecule has 0 saturated carbocycles. The standard InChI is InChI=1S/C10H10FN5O/c11-9-2-1-8(4-13-9)15-10(17)6-16-5-7(12)3-14-16/h1-5H,6,12H2,(H,15,17). The van der Waals surface area contributed by atoms with Crippen molar-refractivity contribution in [1.82, 2.24) is 14.8 Å². The summed E-state index contributed by atoms with van der Waals surface area (Å²) >= 11 is 0. The van der Waals surface area contributed by atoms with Crippen molar-refractivity contribution in [3.05, 3.63) is 36.7 Å². The minimum atomic E-state index is -0.595. The van der Waals surface area contributed by atoms with Crippen LogP contribution in [0.1, 0.15) is 0 Å². The number of nitrogens with two attached hydrogens (primary N) is 1. The SMILES string of the molecule is Nc1cnn(CC(=O)Nc2ccc(F)nc2)c1. The highest BCUT2D eigenvalue weighted by molar-refractivity contribution is 5.90. The van der Waals surface area contributed by atoms with E-state index >= 15 is 0 Å². The molecular formula is C10H10FN5O. The highest BCUT2D eigenvalue weighted by Gasteiger charge is 2.04. The van der Waals surface area contributed by atoms with Crippen LogP contribution < -0.4 is 11.1 Å². The van der Waals surface area contributed by atoms with E-state index in [9.17, 15) is 9.18 Å². The fourth-order valence-electron chi connectivity index (χ4n) is 1.26. The lowest BCUT2D eigenvalue weighted by atomic mass is 10.4. The zero-order valence-electron chi connectivity index (χ0n) is 8.80. The van der Waals surface area contributed by atoms with E-state index < -0.39 is 5.95 Å². The second-order valence-electron chi connectivity index (χ2n) is 3.39. The van der Waals surface area contributed by atoms with Crippen LogP contribution >= 0.6 is 0 Å². The first-order chi connectivity index (χ1) is 8.13. The van der Waals surface area contributed by atoms with Crippen molar-refractivity contribution in [2.45, 2.75) is 6.54 Å². The molecule has 3 N–H and O–H groups in total. The number of hydrogen-bond acceptors (Lipinski definition) is 4. The quantitative estimate of drug-likeness (QED) is 0.764. The maximum absolute atomic E-state index is 12.5. The topological polar surface area (TPSA) is 85.8 Å². The summed E-state index contributed by atoms with van der Waals surface area (Å²) in [7, 11) is 0. The Labute approximate surface area is 96.3 Å². The summed E-state index contributed by atoms with van der Waals surface area (Å²) in [4.78, 5) is 15.0. The Kier molecular flexibility index (Phi) is 2.99. The third-order valence-electron chi connectivity index (χ3n) is 1.97. The summed E-state index contributed by atoms with van der Waals surface area (Å²) in [5.41, 5.74) is 6.37. The van der Waals surface area contributed by atoms with Crippen molar-refractivity contribution in [2.24, 2.45) is 0 Å². The van der Waals surface area contributed by atoms with Crippen molar-refractivity contribution >= 4 is 17.3 Å². The lowest BCUT2D eigenvalue weighted by Gasteiger charge is -2.04. The molecule has 2 heterocycles. The number of nitrogen functional groups attached to an aromatic ring is 1. The van der Waals surface area contributed by atoms with Gasteiger partial charge in [0.2, 0.25) is 11.9 Å². The summed E-state index contributed by atoms with van der Waals surface area (Å²) in [5.74, 6) is -0.885. The molecule has 0 aliphatic rings. The second-order valence-corrected chi connectivity index (χ2v) is 3.39. The predicted molar refractivity (Wildman–Crippen MR) is 59.5 cm³/mol. The van der Waals surface area contributed by atoms with Crippen molar-refractivity contribution in [3.63, 3.8) is 0 Å². The van der Waals surface area contributed by atoms with Crippen molar-refractivity contribution < 1.29 is 9.18 Å². The van der Waals surface area contributed by atoms with E-state index in [0.717, 1.165) is 0 Å². The smallest absolute Gasteiger partial charge is 0.246 e.